The Morgan fingerprint density at radius 2 is 2.15 bits per heavy atom. The first-order chi connectivity index (χ1) is 12.7. The number of aromatic nitrogens is 4. The van der Waals surface area contributed by atoms with Crippen LogP contribution in [-0.2, 0) is 16.9 Å². The van der Waals surface area contributed by atoms with Crippen molar-refractivity contribution in [3.8, 4) is 6.07 Å². The molecule has 4 heterocycles. The van der Waals surface area contributed by atoms with Crippen molar-refractivity contribution < 1.29 is 9.84 Å². The molecule has 0 aromatic carbocycles. The molecule has 8 nitrogen and oxygen atoms in total. The van der Waals surface area contributed by atoms with Crippen LogP contribution in [0.2, 0.25) is 0 Å². The molecule has 0 atom stereocenters. The fraction of sp³-hybridized carbons (Fsp3) is 0.235. The largest absolute Gasteiger partial charge is 0.380 e. The molecule has 0 amide bonds. The third-order valence-electron chi connectivity index (χ3n) is 4.05. The quantitative estimate of drug-likeness (QED) is 0.728. The Labute approximate surface area is 153 Å². The molecule has 1 saturated heterocycles. The molecule has 130 valence electrons. The zero-order chi connectivity index (χ0) is 18.0. The lowest BCUT2D eigenvalue weighted by molar-refractivity contribution is -0.184. The van der Waals surface area contributed by atoms with Crippen molar-refractivity contribution in [2.45, 2.75) is 12.1 Å². The normalized spacial score (nSPS) is 15.1. The maximum atomic E-state index is 10.5. The van der Waals surface area contributed by atoms with E-state index in [0.717, 1.165) is 4.88 Å². The SMILES string of the molecule is N#Cc1ccc(CN(c2cnccn2)c2cc(C3(O)COC3)cnn2)s1. The number of ether oxygens (including phenoxy) is 1. The monoisotopic (exact) mass is 366 g/mol. The van der Waals surface area contributed by atoms with Crippen LogP contribution >= 0.6 is 11.3 Å². The van der Waals surface area contributed by atoms with E-state index in [2.05, 4.69) is 26.2 Å². The Bertz CT molecular complexity index is 951. The summed E-state index contributed by atoms with van der Waals surface area (Å²) in [5.41, 5.74) is -0.387. The van der Waals surface area contributed by atoms with Gasteiger partial charge in [-0.1, -0.05) is 0 Å². The van der Waals surface area contributed by atoms with E-state index in [1.165, 1.54) is 11.3 Å². The molecule has 3 aromatic rings. The molecule has 1 fully saturated rings. The lowest BCUT2D eigenvalue weighted by atomic mass is 9.94. The summed E-state index contributed by atoms with van der Waals surface area (Å²) in [5.74, 6) is 1.14. The highest BCUT2D eigenvalue weighted by Gasteiger charge is 2.39. The molecular weight excluding hydrogens is 352 g/mol. The maximum absolute atomic E-state index is 10.5. The second-order valence-corrected chi connectivity index (χ2v) is 7.02. The second kappa shape index (κ2) is 6.76. The molecular formula is C17H14N6O2S. The van der Waals surface area contributed by atoms with E-state index in [-0.39, 0.29) is 13.2 Å². The molecule has 1 aliphatic heterocycles. The van der Waals surface area contributed by atoms with Gasteiger partial charge >= 0.3 is 0 Å². The van der Waals surface area contributed by atoms with Gasteiger partial charge in [-0.05, 0) is 18.2 Å². The molecule has 0 unspecified atom stereocenters. The summed E-state index contributed by atoms with van der Waals surface area (Å²) in [4.78, 5) is 11.9. The predicted octanol–water partition coefficient (Wildman–Crippen LogP) is 1.76. The van der Waals surface area contributed by atoms with Crippen molar-refractivity contribution in [1.82, 2.24) is 20.2 Å². The third-order valence-corrected chi connectivity index (χ3v) is 5.02. The molecule has 1 aliphatic rings. The number of nitriles is 1. The van der Waals surface area contributed by atoms with Crippen molar-refractivity contribution >= 4 is 23.0 Å². The van der Waals surface area contributed by atoms with E-state index in [1.54, 1.807) is 36.9 Å². The molecule has 9 heteroatoms. The van der Waals surface area contributed by atoms with Crippen LogP contribution in [0.15, 0.2) is 43.0 Å². The number of hydrogen-bond donors (Lipinski definition) is 1. The van der Waals surface area contributed by atoms with Crippen LogP contribution in [0.4, 0.5) is 11.6 Å². The topological polar surface area (TPSA) is 108 Å². The highest BCUT2D eigenvalue weighted by molar-refractivity contribution is 7.12. The maximum Gasteiger partial charge on any atom is 0.157 e. The highest BCUT2D eigenvalue weighted by atomic mass is 32.1. The van der Waals surface area contributed by atoms with Crippen molar-refractivity contribution in [2.75, 3.05) is 18.1 Å². The van der Waals surface area contributed by atoms with E-state index < -0.39 is 5.60 Å². The summed E-state index contributed by atoms with van der Waals surface area (Å²) < 4.78 is 5.12. The summed E-state index contributed by atoms with van der Waals surface area (Å²) in [6.45, 7) is 0.928. The van der Waals surface area contributed by atoms with Crippen LogP contribution in [0.3, 0.4) is 0 Å². The van der Waals surface area contributed by atoms with Crippen LogP contribution in [0, 0.1) is 11.3 Å². The number of nitrogens with zero attached hydrogens (tertiary/aromatic N) is 6. The van der Waals surface area contributed by atoms with E-state index >= 15 is 0 Å². The molecule has 0 spiro atoms. The van der Waals surface area contributed by atoms with Crippen LogP contribution in [0.25, 0.3) is 0 Å². The van der Waals surface area contributed by atoms with Gasteiger partial charge in [0, 0.05) is 22.8 Å². The van der Waals surface area contributed by atoms with Crippen molar-refractivity contribution in [2.24, 2.45) is 0 Å². The molecule has 3 aromatic heterocycles. The van der Waals surface area contributed by atoms with E-state index in [4.69, 9.17) is 10.00 Å². The summed E-state index contributed by atoms with van der Waals surface area (Å²) in [6, 6.07) is 7.61. The minimum Gasteiger partial charge on any atom is -0.380 e. The molecule has 0 bridgehead atoms. The van der Waals surface area contributed by atoms with Crippen LogP contribution in [0.1, 0.15) is 15.3 Å². The number of anilines is 2. The van der Waals surface area contributed by atoms with Crippen LogP contribution in [-0.4, -0.2) is 38.5 Å². The summed E-state index contributed by atoms with van der Waals surface area (Å²) in [5, 5.41) is 27.8. The first kappa shape index (κ1) is 16.5. The molecule has 0 radical (unpaired) electrons. The van der Waals surface area contributed by atoms with Crippen LogP contribution < -0.4 is 4.90 Å². The van der Waals surface area contributed by atoms with Gasteiger partial charge < -0.3 is 14.7 Å². The Morgan fingerprint density at radius 3 is 2.81 bits per heavy atom. The zero-order valence-electron chi connectivity index (χ0n) is 13.6. The number of aliphatic hydroxyl groups is 1. The van der Waals surface area contributed by atoms with Gasteiger partial charge in [0.05, 0.1) is 32.2 Å². The lowest BCUT2D eigenvalue weighted by Gasteiger charge is -2.36. The van der Waals surface area contributed by atoms with Gasteiger partial charge in [-0.15, -0.1) is 16.4 Å². The highest BCUT2D eigenvalue weighted by Crippen LogP contribution is 2.32. The first-order valence-electron chi connectivity index (χ1n) is 7.84. The smallest absolute Gasteiger partial charge is 0.157 e. The second-order valence-electron chi connectivity index (χ2n) is 5.85. The van der Waals surface area contributed by atoms with Crippen molar-refractivity contribution in [3.05, 3.63) is 58.3 Å². The minimum atomic E-state index is -1.03. The Kier molecular flexibility index (Phi) is 4.30. The lowest BCUT2D eigenvalue weighted by Crippen LogP contribution is -2.46. The number of rotatable bonds is 5. The van der Waals surface area contributed by atoms with Crippen LogP contribution in [0.5, 0.6) is 0 Å². The van der Waals surface area contributed by atoms with Gasteiger partial charge in [-0.25, -0.2) is 4.98 Å². The first-order valence-corrected chi connectivity index (χ1v) is 8.65. The fourth-order valence-corrected chi connectivity index (χ4v) is 3.39. The molecule has 0 aliphatic carbocycles. The minimum absolute atomic E-state index is 0.236. The van der Waals surface area contributed by atoms with E-state index in [0.29, 0.717) is 28.6 Å². The predicted molar refractivity (Wildman–Crippen MR) is 93.7 cm³/mol. The van der Waals surface area contributed by atoms with Gasteiger partial charge in [0.25, 0.3) is 0 Å². The summed E-state index contributed by atoms with van der Waals surface area (Å²) >= 11 is 1.41. The third kappa shape index (κ3) is 3.13. The number of hydrogen-bond acceptors (Lipinski definition) is 9. The average molecular weight is 366 g/mol. The Balaban J connectivity index is 1.71. The van der Waals surface area contributed by atoms with Gasteiger partial charge in [-0.3, -0.25) is 4.98 Å². The van der Waals surface area contributed by atoms with E-state index in [1.807, 2.05) is 11.0 Å². The van der Waals surface area contributed by atoms with E-state index in [9.17, 15) is 5.11 Å². The van der Waals surface area contributed by atoms with Crippen molar-refractivity contribution in [3.63, 3.8) is 0 Å². The Hall–Kier alpha value is -2.93. The molecule has 26 heavy (non-hydrogen) atoms. The number of thiophene rings is 1. The van der Waals surface area contributed by atoms with Gasteiger partial charge in [0.2, 0.25) is 0 Å². The van der Waals surface area contributed by atoms with Gasteiger partial charge in [0.15, 0.2) is 11.6 Å². The molecule has 4 rings (SSSR count). The summed E-state index contributed by atoms with van der Waals surface area (Å²) in [6.07, 6.45) is 6.37. The fourth-order valence-electron chi connectivity index (χ4n) is 2.59. The van der Waals surface area contributed by atoms with Gasteiger partial charge in [-0.2, -0.15) is 10.4 Å². The average Bonchev–Trinajstić information content (AvgIpc) is 3.13. The standard InChI is InChI=1S/C17H14N6O2S/c18-6-13-1-2-14(26-13)9-23(16-8-19-3-4-20-16)15-5-12(7-21-22-15)17(24)10-25-11-17/h1-5,7-8,24H,9-11H2. The Morgan fingerprint density at radius 1 is 1.27 bits per heavy atom. The zero-order valence-corrected chi connectivity index (χ0v) is 14.4. The molecule has 1 N–H and O–H groups in total. The molecule has 0 saturated carbocycles. The van der Waals surface area contributed by atoms with Crippen molar-refractivity contribution in [1.29, 1.82) is 5.26 Å². The van der Waals surface area contributed by atoms with Gasteiger partial charge in [0.1, 0.15) is 16.5 Å². The summed E-state index contributed by atoms with van der Waals surface area (Å²) in [7, 11) is 0.